The predicted octanol–water partition coefficient (Wildman–Crippen LogP) is 3.14. The van der Waals surface area contributed by atoms with Gasteiger partial charge >= 0.3 is 12.1 Å². The molecule has 0 bridgehead atoms. The number of amides is 1. The number of nitrogens with zero attached hydrogens (tertiary/aromatic N) is 1. The first-order chi connectivity index (χ1) is 9.71. The Labute approximate surface area is 127 Å². The van der Waals surface area contributed by atoms with E-state index in [0.29, 0.717) is 13.0 Å². The minimum absolute atomic E-state index is 0.0431. The number of carbonyl (C=O) groups excluding carboxylic acids is 2. The van der Waals surface area contributed by atoms with E-state index in [2.05, 4.69) is 6.58 Å². The summed E-state index contributed by atoms with van der Waals surface area (Å²) in [4.78, 5) is 26.2. The summed E-state index contributed by atoms with van der Waals surface area (Å²) in [6.07, 6.45) is 2.69. The molecule has 21 heavy (non-hydrogen) atoms. The number of ether oxygens (including phenoxy) is 2. The maximum atomic E-state index is 12.5. The van der Waals surface area contributed by atoms with Gasteiger partial charge in [0.15, 0.2) is 0 Å². The predicted molar refractivity (Wildman–Crippen MR) is 80.9 cm³/mol. The van der Waals surface area contributed by atoms with Crippen LogP contribution in [0.2, 0.25) is 0 Å². The summed E-state index contributed by atoms with van der Waals surface area (Å²) in [6.45, 7) is 13.2. The maximum Gasteiger partial charge on any atom is 0.411 e. The third kappa shape index (κ3) is 4.48. The number of esters is 1. The zero-order chi connectivity index (χ0) is 16.2. The molecular formula is C16H27NO4. The van der Waals surface area contributed by atoms with E-state index < -0.39 is 17.7 Å². The van der Waals surface area contributed by atoms with E-state index in [-0.39, 0.29) is 17.9 Å². The van der Waals surface area contributed by atoms with Crippen molar-refractivity contribution in [2.75, 3.05) is 6.61 Å². The standard InChI is InChI=1S/C16H27NO4/c1-7-9-12-10-11(3)13(14(18)20-8-2)17(12)15(19)21-16(4,5)6/h7,11-13H,1,8-10H2,2-6H3. The zero-order valence-corrected chi connectivity index (χ0v) is 13.7. The van der Waals surface area contributed by atoms with Crippen LogP contribution in [0.3, 0.4) is 0 Å². The van der Waals surface area contributed by atoms with Crippen LogP contribution >= 0.6 is 0 Å². The Morgan fingerprint density at radius 1 is 1.38 bits per heavy atom. The molecule has 1 amide bonds. The SMILES string of the molecule is C=CCC1CC(C)C(C(=O)OCC)N1C(=O)OC(C)(C)C. The van der Waals surface area contributed by atoms with Crippen LogP contribution in [0.4, 0.5) is 4.79 Å². The average molecular weight is 297 g/mol. The highest BCUT2D eigenvalue weighted by atomic mass is 16.6. The fraction of sp³-hybridized carbons (Fsp3) is 0.750. The van der Waals surface area contributed by atoms with Crippen LogP contribution < -0.4 is 0 Å². The Balaban J connectivity index is 3.00. The van der Waals surface area contributed by atoms with Crippen molar-refractivity contribution in [2.45, 2.75) is 65.1 Å². The van der Waals surface area contributed by atoms with Gasteiger partial charge in [0.05, 0.1) is 6.61 Å². The summed E-state index contributed by atoms with van der Waals surface area (Å²) < 4.78 is 10.6. The van der Waals surface area contributed by atoms with Gasteiger partial charge in [-0.3, -0.25) is 4.90 Å². The number of rotatable bonds is 4. The molecular weight excluding hydrogens is 270 g/mol. The van der Waals surface area contributed by atoms with Crippen LogP contribution in [0.5, 0.6) is 0 Å². The summed E-state index contributed by atoms with van der Waals surface area (Å²) in [6, 6.07) is -0.647. The number of hydrogen-bond acceptors (Lipinski definition) is 4. The number of likely N-dealkylation sites (tertiary alicyclic amines) is 1. The van der Waals surface area contributed by atoms with E-state index in [1.54, 1.807) is 13.0 Å². The molecule has 0 aliphatic carbocycles. The molecule has 0 saturated carbocycles. The minimum Gasteiger partial charge on any atom is -0.464 e. The molecule has 0 aromatic rings. The first kappa shape index (κ1) is 17.5. The zero-order valence-electron chi connectivity index (χ0n) is 13.7. The van der Waals surface area contributed by atoms with Crippen molar-refractivity contribution < 1.29 is 19.1 Å². The maximum absolute atomic E-state index is 12.5. The quantitative estimate of drug-likeness (QED) is 0.591. The fourth-order valence-corrected chi connectivity index (χ4v) is 2.73. The minimum atomic E-state index is -0.596. The summed E-state index contributed by atoms with van der Waals surface area (Å²) in [7, 11) is 0. The second-order valence-electron chi connectivity index (χ2n) is 6.48. The Morgan fingerprint density at radius 3 is 2.48 bits per heavy atom. The van der Waals surface area contributed by atoms with Crippen molar-refractivity contribution in [3.05, 3.63) is 12.7 Å². The highest BCUT2D eigenvalue weighted by Crippen LogP contribution is 2.33. The average Bonchev–Trinajstić information content (AvgIpc) is 2.64. The second kappa shape index (κ2) is 6.96. The van der Waals surface area contributed by atoms with Crippen molar-refractivity contribution in [3.8, 4) is 0 Å². The van der Waals surface area contributed by atoms with E-state index in [1.165, 1.54) is 4.90 Å². The van der Waals surface area contributed by atoms with Gasteiger partial charge in [0.2, 0.25) is 0 Å². The Bertz CT molecular complexity index is 400. The van der Waals surface area contributed by atoms with Gasteiger partial charge in [-0.1, -0.05) is 13.0 Å². The highest BCUT2D eigenvalue weighted by Gasteiger charge is 2.47. The summed E-state index contributed by atoms with van der Waals surface area (Å²) in [5, 5.41) is 0. The van der Waals surface area contributed by atoms with Crippen molar-refractivity contribution >= 4 is 12.1 Å². The van der Waals surface area contributed by atoms with E-state index in [1.807, 2.05) is 27.7 Å². The summed E-state index contributed by atoms with van der Waals surface area (Å²) in [5.74, 6) is -0.316. The second-order valence-corrected chi connectivity index (χ2v) is 6.48. The topological polar surface area (TPSA) is 55.8 Å². The molecule has 3 unspecified atom stereocenters. The molecule has 0 spiro atoms. The Kier molecular flexibility index (Phi) is 5.81. The Hall–Kier alpha value is -1.52. The van der Waals surface area contributed by atoms with Crippen molar-refractivity contribution in [3.63, 3.8) is 0 Å². The molecule has 1 rings (SSSR count). The van der Waals surface area contributed by atoms with Crippen LogP contribution in [0.1, 0.15) is 47.5 Å². The largest absolute Gasteiger partial charge is 0.464 e. The summed E-state index contributed by atoms with van der Waals surface area (Å²) in [5.41, 5.74) is -0.596. The van der Waals surface area contributed by atoms with Crippen LogP contribution in [-0.2, 0) is 14.3 Å². The van der Waals surface area contributed by atoms with Gasteiger partial charge in [-0.15, -0.1) is 6.58 Å². The van der Waals surface area contributed by atoms with Crippen LogP contribution in [-0.4, -0.2) is 41.3 Å². The molecule has 0 aromatic heterocycles. The third-order valence-corrected chi connectivity index (χ3v) is 3.45. The smallest absolute Gasteiger partial charge is 0.411 e. The lowest BCUT2D eigenvalue weighted by molar-refractivity contribution is -0.149. The van der Waals surface area contributed by atoms with Gasteiger partial charge in [0.1, 0.15) is 11.6 Å². The molecule has 0 aromatic carbocycles. The third-order valence-electron chi connectivity index (χ3n) is 3.45. The normalized spacial score (nSPS) is 25.6. The van der Waals surface area contributed by atoms with E-state index in [0.717, 1.165) is 6.42 Å². The Morgan fingerprint density at radius 2 is 2.00 bits per heavy atom. The monoisotopic (exact) mass is 297 g/mol. The fourth-order valence-electron chi connectivity index (χ4n) is 2.73. The van der Waals surface area contributed by atoms with Crippen molar-refractivity contribution in [2.24, 2.45) is 5.92 Å². The highest BCUT2D eigenvalue weighted by molar-refractivity contribution is 5.83. The van der Waals surface area contributed by atoms with E-state index >= 15 is 0 Å². The van der Waals surface area contributed by atoms with Gasteiger partial charge in [-0.05, 0) is 46.5 Å². The van der Waals surface area contributed by atoms with E-state index in [9.17, 15) is 9.59 Å². The van der Waals surface area contributed by atoms with Crippen LogP contribution in [0.25, 0.3) is 0 Å². The number of carbonyl (C=O) groups is 2. The lowest BCUT2D eigenvalue weighted by atomic mass is 10.0. The molecule has 5 nitrogen and oxygen atoms in total. The summed E-state index contributed by atoms with van der Waals surface area (Å²) >= 11 is 0. The molecule has 1 saturated heterocycles. The van der Waals surface area contributed by atoms with Crippen LogP contribution in [0, 0.1) is 5.92 Å². The van der Waals surface area contributed by atoms with Gasteiger partial charge in [0, 0.05) is 6.04 Å². The lowest BCUT2D eigenvalue weighted by Gasteiger charge is -2.31. The molecule has 1 heterocycles. The lowest BCUT2D eigenvalue weighted by Crippen LogP contribution is -2.48. The van der Waals surface area contributed by atoms with Gasteiger partial charge < -0.3 is 9.47 Å². The molecule has 1 aliphatic rings. The van der Waals surface area contributed by atoms with Gasteiger partial charge in [0.25, 0.3) is 0 Å². The van der Waals surface area contributed by atoms with E-state index in [4.69, 9.17) is 9.47 Å². The first-order valence-corrected chi connectivity index (χ1v) is 7.50. The molecule has 120 valence electrons. The number of hydrogen-bond donors (Lipinski definition) is 0. The van der Waals surface area contributed by atoms with Crippen molar-refractivity contribution in [1.82, 2.24) is 4.90 Å². The molecule has 5 heteroatoms. The van der Waals surface area contributed by atoms with Gasteiger partial charge in [-0.2, -0.15) is 0 Å². The molecule has 3 atom stereocenters. The molecule has 1 fully saturated rings. The molecule has 0 N–H and O–H groups in total. The molecule has 1 aliphatic heterocycles. The van der Waals surface area contributed by atoms with Gasteiger partial charge in [-0.25, -0.2) is 9.59 Å². The van der Waals surface area contributed by atoms with Crippen molar-refractivity contribution in [1.29, 1.82) is 0 Å². The first-order valence-electron chi connectivity index (χ1n) is 7.50. The van der Waals surface area contributed by atoms with Crippen LogP contribution in [0.15, 0.2) is 12.7 Å². The molecule has 0 radical (unpaired) electrons.